The molecule has 0 spiro atoms. The average Bonchev–Trinajstić information content (AvgIpc) is 2.88. The lowest BCUT2D eigenvalue weighted by atomic mass is 9.97. The first-order valence-corrected chi connectivity index (χ1v) is 12.6. The van der Waals surface area contributed by atoms with Gasteiger partial charge in [0, 0.05) is 23.7 Å². The number of anilines is 1. The largest absolute Gasteiger partial charge is 0.352 e. The molecule has 1 atom stereocenters. The maximum atomic E-state index is 13.4. The molecule has 0 aliphatic carbocycles. The van der Waals surface area contributed by atoms with Gasteiger partial charge in [0.15, 0.2) is 0 Å². The van der Waals surface area contributed by atoms with Crippen molar-refractivity contribution in [3.63, 3.8) is 0 Å². The summed E-state index contributed by atoms with van der Waals surface area (Å²) >= 11 is 6.05. The highest BCUT2D eigenvalue weighted by Gasteiger charge is 2.21. The quantitative estimate of drug-likeness (QED) is 0.426. The fraction of sp³-hybridized carbons (Fsp3) is 0.310. The number of benzene rings is 3. The number of likely N-dealkylation sites (tertiary alicyclic amines) is 1. The number of carbonyl (C=O) groups is 2. The molecule has 1 fully saturated rings. The molecule has 1 aliphatic rings. The summed E-state index contributed by atoms with van der Waals surface area (Å²) in [6, 6.07) is 20.4. The van der Waals surface area contributed by atoms with E-state index in [4.69, 9.17) is 11.6 Å². The Kier molecular flexibility index (Phi) is 8.21. The van der Waals surface area contributed by atoms with Crippen molar-refractivity contribution in [3.8, 4) is 11.1 Å². The molecule has 35 heavy (non-hydrogen) atoms. The molecule has 2 N–H and O–H groups in total. The van der Waals surface area contributed by atoms with Crippen molar-refractivity contribution in [1.29, 1.82) is 0 Å². The highest BCUT2D eigenvalue weighted by Crippen LogP contribution is 2.27. The van der Waals surface area contributed by atoms with Gasteiger partial charge in [-0.25, -0.2) is 0 Å². The second kappa shape index (κ2) is 11.5. The summed E-state index contributed by atoms with van der Waals surface area (Å²) in [6.45, 7) is 7.92. The maximum Gasteiger partial charge on any atom is 0.255 e. The fourth-order valence-corrected chi connectivity index (χ4v) is 4.63. The van der Waals surface area contributed by atoms with E-state index in [1.54, 1.807) is 18.2 Å². The zero-order valence-corrected chi connectivity index (χ0v) is 21.1. The van der Waals surface area contributed by atoms with E-state index in [-0.39, 0.29) is 11.8 Å². The summed E-state index contributed by atoms with van der Waals surface area (Å²) in [5.41, 5.74) is 4.40. The van der Waals surface area contributed by atoms with Crippen LogP contribution in [0.25, 0.3) is 11.1 Å². The first-order valence-electron chi connectivity index (χ1n) is 12.2. The molecule has 1 aliphatic heterocycles. The van der Waals surface area contributed by atoms with Gasteiger partial charge in [0.25, 0.3) is 11.8 Å². The van der Waals surface area contributed by atoms with Crippen molar-refractivity contribution >= 4 is 29.1 Å². The van der Waals surface area contributed by atoms with Crippen molar-refractivity contribution in [3.05, 3.63) is 88.4 Å². The van der Waals surface area contributed by atoms with Gasteiger partial charge in [-0.1, -0.05) is 54.4 Å². The molecule has 5 nitrogen and oxygen atoms in total. The number of aryl methyl sites for hydroxylation is 1. The summed E-state index contributed by atoms with van der Waals surface area (Å²) in [5, 5.41) is 6.72. The Hall–Kier alpha value is -3.15. The number of halogens is 1. The van der Waals surface area contributed by atoms with Crippen LogP contribution >= 0.6 is 11.6 Å². The van der Waals surface area contributed by atoms with E-state index in [0.29, 0.717) is 34.3 Å². The van der Waals surface area contributed by atoms with E-state index in [0.717, 1.165) is 49.2 Å². The number of piperidine rings is 1. The van der Waals surface area contributed by atoms with E-state index >= 15 is 0 Å². The topological polar surface area (TPSA) is 61.4 Å². The van der Waals surface area contributed by atoms with Crippen molar-refractivity contribution in [2.75, 3.05) is 31.5 Å². The molecule has 182 valence electrons. The molecule has 4 rings (SSSR count). The SMILES string of the molecule is CCN1CCCC(CNC(=O)c2cc(-c3ccc(Cl)cc3)ccc2NC(=O)c2ccc(C)cc2)C1. The minimum Gasteiger partial charge on any atom is -0.352 e. The van der Waals surface area contributed by atoms with Gasteiger partial charge in [-0.3, -0.25) is 9.59 Å². The number of hydrogen-bond acceptors (Lipinski definition) is 3. The van der Waals surface area contributed by atoms with Gasteiger partial charge in [-0.05, 0) is 86.3 Å². The summed E-state index contributed by atoms with van der Waals surface area (Å²) in [6.07, 6.45) is 2.26. The van der Waals surface area contributed by atoms with E-state index in [1.807, 2.05) is 55.5 Å². The summed E-state index contributed by atoms with van der Waals surface area (Å²) in [5.74, 6) is -0.00417. The van der Waals surface area contributed by atoms with Crippen LogP contribution in [0, 0.1) is 12.8 Å². The minimum absolute atomic E-state index is 0.186. The maximum absolute atomic E-state index is 13.4. The molecule has 0 aromatic heterocycles. The standard InChI is InChI=1S/C29H32ClN3O2/c1-3-33-16-4-5-21(19-33)18-31-29(35)26-17-24(22-10-13-25(30)14-11-22)12-15-27(26)32-28(34)23-8-6-20(2)7-9-23/h6-15,17,21H,3-5,16,18-19H2,1-2H3,(H,31,35)(H,32,34). The monoisotopic (exact) mass is 489 g/mol. The highest BCUT2D eigenvalue weighted by molar-refractivity contribution is 6.30. The molecule has 1 unspecified atom stereocenters. The van der Waals surface area contributed by atoms with Crippen LogP contribution in [0.4, 0.5) is 5.69 Å². The Labute approximate surface area is 212 Å². The fourth-order valence-electron chi connectivity index (χ4n) is 4.50. The van der Waals surface area contributed by atoms with E-state index in [2.05, 4.69) is 22.5 Å². The van der Waals surface area contributed by atoms with Gasteiger partial charge in [0.05, 0.1) is 11.3 Å². The van der Waals surface area contributed by atoms with Crippen LogP contribution in [-0.4, -0.2) is 42.9 Å². The summed E-state index contributed by atoms with van der Waals surface area (Å²) < 4.78 is 0. The van der Waals surface area contributed by atoms with Gasteiger partial charge < -0.3 is 15.5 Å². The van der Waals surface area contributed by atoms with Crippen LogP contribution in [0.2, 0.25) is 5.02 Å². The van der Waals surface area contributed by atoms with Crippen molar-refractivity contribution in [2.24, 2.45) is 5.92 Å². The van der Waals surface area contributed by atoms with Crippen LogP contribution in [0.3, 0.4) is 0 Å². The molecule has 0 bridgehead atoms. The third-order valence-electron chi connectivity index (χ3n) is 6.61. The van der Waals surface area contributed by atoms with E-state index in [1.165, 1.54) is 0 Å². The number of nitrogens with one attached hydrogen (secondary N) is 2. The number of carbonyl (C=O) groups excluding carboxylic acids is 2. The molecule has 3 aromatic rings. The van der Waals surface area contributed by atoms with E-state index < -0.39 is 0 Å². The van der Waals surface area contributed by atoms with Crippen LogP contribution < -0.4 is 10.6 Å². The summed E-state index contributed by atoms with van der Waals surface area (Å²) in [7, 11) is 0. The Morgan fingerprint density at radius 1 is 0.971 bits per heavy atom. The number of amides is 2. The van der Waals surface area contributed by atoms with Crippen molar-refractivity contribution in [2.45, 2.75) is 26.7 Å². The molecule has 1 heterocycles. The number of rotatable bonds is 7. The minimum atomic E-state index is -0.246. The van der Waals surface area contributed by atoms with Crippen LogP contribution in [0.5, 0.6) is 0 Å². The Morgan fingerprint density at radius 2 is 1.69 bits per heavy atom. The molecular formula is C29H32ClN3O2. The Balaban J connectivity index is 1.57. The molecule has 6 heteroatoms. The van der Waals surface area contributed by atoms with Crippen molar-refractivity contribution in [1.82, 2.24) is 10.2 Å². The van der Waals surface area contributed by atoms with Crippen LogP contribution in [-0.2, 0) is 0 Å². The smallest absolute Gasteiger partial charge is 0.255 e. The molecule has 0 saturated carbocycles. The second-order valence-corrected chi connectivity index (χ2v) is 9.64. The lowest BCUT2D eigenvalue weighted by Crippen LogP contribution is -2.40. The second-order valence-electron chi connectivity index (χ2n) is 9.20. The zero-order valence-electron chi connectivity index (χ0n) is 20.3. The molecule has 2 amide bonds. The average molecular weight is 490 g/mol. The Bertz CT molecular complexity index is 1180. The van der Waals surface area contributed by atoms with Gasteiger partial charge in [0.1, 0.15) is 0 Å². The highest BCUT2D eigenvalue weighted by atomic mass is 35.5. The van der Waals surface area contributed by atoms with Gasteiger partial charge in [0.2, 0.25) is 0 Å². The predicted molar refractivity (Wildman–Crippen MR) is 143 cm³/mol. The predicted octanol–water partition coefficient (Wildman–Crippen LogP) is 6.03. The zero-order chi connectivity index (χ0) is 24.8. The summed E-state index contributed by atoms with van der Waals surface area (Å²) in [4.78, 5) is 28.7. The molecule has 3 aromatic carbocycles. The van der Waals surface area contributed by atoms with Crippen molar-refractivity contribution < 1.29 is 9.59 Å². The third kappa shape index (κ3) is 6.50. The van der Waals surface area contributed by atoms with Crippen LogP contribution in [0.15, 0.2) is 66.7 Å². The van der Waals surface area contributed by atoms with Gasteiger partial charge >= 0.3 is 0 Å². The lowest BCUT2D eigenvalue weighted by molar-refractivity contribution is 0.0934. The Morgan fingerprint density at radius 3 is 2.40 bits per heavy atom. The molecule has 0 radical (unpaired) electrons. The first-order chi connectivity index (χ1) is 16.9. The lowest BCUT2D eigenvalue weighted by Gasteiger charge is -2.31. The molecule has 1 saturated heterocycles. The van der Waals surface area contributed by atoms with E-state index in [9.17, 15) is 9.59 Å². The van der Waals surface area contributed by atoms with Crippen LogP contribution in [0.1, 0.15) is 46.0 Å². The number of nitrogens with zero attached hydrogens (tertiary/aromatic N) is 1. The van der Waals surface area contributed by atoms with Gasteiger partial charge in [-0.2, -0.15) is 0 Å². The molecular weight excluding hydrogens is 458 g/mol. The number of hydrogen-bond donors (Lipinski definition) is 2. The van der Waals surface area contributed by atoms with Gasteiger partial charge in [-0.15, -0.1) is 0 Å². The first kappa shape index (κ1) is 25.0. The normalized spacial score (nSPS) is 16.0. The third-order valence-corrected chi connectivity index (χ3v) is 6.86.